The lowest BCUT2D eigenvalue weighted by Gasteiger charge is -2.28. The maximum Gasteiger partial charge on any atom is 0.307 e. The van der Waals surface area contributed by atoms with Crippen LogP contribution in [0.15, 0.2) is 0 Å². The van der Waals surface area contributed by atoms with Gasteiger partial charge in [0.2, 0.25) is 0 Å². The zero-order valence-electron chi connectivity index (χ0n) is 11.0. The van der Waals surface area contributed by atoms with Crippen LogP contribution in [0.1, 0.15) is 26.7 Å². The molecule has 17 heavy (non-hydrogen) atoms. The Hall–Kier alpha value is -0.650. The average Bonchev–Trinajstić information content (AvgIpc) is 2.29. The highest BCUT2D eigenvalue weighted by molar-refractivity contribution is 5.69. The fourth-order valence-corrected chi connectivity index (χ4v) is 2.14. The molecule has 0 aromatic heterocycles. The fourth-order valence-electron chi connectivity index (χ4n) is 2.14. The smallest absolute Gasteiger partial charge is 0.307 e. The van der Waals surface area contributed by atoms with Crippen LogP contribution in [0.3, 0.4) is 0 Å². The maximum absolute atomic E-state index is 11.1. The van der Waals surface area contributed by atoms with E-state index in [0.717, 1.165) is 26.2 Å². The van der Waals surface area contributed by atoms with E-state index in [1.165, 1.54) is 7.11 Å². The van der Waals surface area contributed by atoms with Gasteiger partial charge in [-0.2, -0.15) is 0 Å². The summed E-state index contributed by atoms with van der Waals surface area (Å²) in [6.07, 6.45) is 1.42. The third-order valence-electron chi connectivity index (χ3n) is 2.91. The standard InChI is InChI=1S/C12H24N2O3/c1-9(6-11-8-17-5-4-13-11)14-10(2)7-12(15)16-3/h9-11,13-14H,4-8H2,1-3H3. The van der Waals surface area contributed by atoms with E-state index in [1.807, 2.05) is 6.92 Å². The highest BCUT2D eigenvalue weighted by Crippen LogP contribution is 2.04. The van der Waals surface area contributed by atoms with Gasteiger partial charge in [0.25, 0.3) is 0 Å². The Morgan fingerprint density at radius 1 is 1.53 bits per heavy atom. The van der Waals surface area contributed by atoms with E-state index in [0.29, 0.717) is 18.5 Å². The highest BCUT2D eigenvalue weighted by atomic mass is 16.5. The molecule has 0 bridgehead atoms. The summed E-state index contributed by atoms with van der Waals surface area (Å²) in [5.74, 6) is -0.170. The number of morpholine rings is 1. The van der Waals surface area contributed by atoms with Crippen LogP contribution in [0.5, 0.6) is 0 Å². The third-order valence-corrected chi connectivity index (χ3v) is 2.91. The summed E-state index contributed by atoms with van der Waals surface area (Å²) in [5.41, 5.74) is 0. The molecule has 1 aliphatic heterocycles. The van der Waals surface area contributed by atoms with Crippen LogP contribution in [-0.2, 0) is 14.3 Å². The van der Waals surface area contributed by atoms with Gasteiger partial charge < -0.3 is 20.1 Å². The molecule has 3 unspecified atom stereocenters. The summed E-state index contributed by atoms with van der Waals surface area (Å²) < 4.78 is 10.0. The number of esters is 1. The Labute approximate surface area is 103 Å². The van der Waals surface area contributed by atoms with Crippen LogP contribution in [0, 0.1) is 0 Å². The van der Waals surface area contributed by atoms with Crippen LogP contribution in [0.4, 0.5) is 0 Å². The van der Waals surface area contributed by atoms with Gasteiger partial charge in [-0.3, -0.25) is 4.79 Å². The quantitative estimate of drug-likeness (QED) is 0.658. The number of hydrogen-bond donors (Lipinski definition) is 2. The van der Waals surface area contributed by atoms with Crippen molar-refractivity contribution in [1.82, 2.24) is 10.6 Å². The Balaban J connectivity index is 2.18. The predicted octanol–water partition coefficient (Wildman–Crippen LogP) is 0.295. The van der Waals surface area contributed by atoms with Crippen molar-refractivity contribution in [2.24, 2.45) is 0 Å². The average molecular weight is 244 g/mol. The molecule has 3 atom stereocenters. The van der Waals surface area contributed by atoms with Crippen molar-refractivity contribution >= 4 is 5.97 Å². The van der Waals surface area contributed by atoms with E-state index in [4.69, 9.17) is 4.74 Å². The second-order valence-electron chi connectivity index (χ2n) is 4.71. The number of nitrogens with one attached hydrogen (secondary N) is 2. The van der Waals surface area contributed by atoms with Crippen LogP contribution in [0.2, 0.25) is 0 Å². The van der Waals surface area contributed by atoms with Crippen LogP contribution < -0.4 is 10.6 Å². The number of carbonyl (C=O) groups excluding carboxylic acids is 1. The molecule has 1 heterocycles. The molecule has 1 rings (SSSR count). The van der Waals surface area contributed by atoms with E-state index >= 15 is 0 Å². The number of ether oxygens (including phenoxy) is 2. The summed E-state index contributed by atoms with van der Waals surface area (Å²) in [5, 5.41) is 6.81. The molecule has 0 spiro atoms. The van der Waals surface area contributed by atoms with Gasteiger partial charge in [0, 0.05) is 24.7 Å². The third kappa shape index (κ3) is 6.00. The number of rotatable bonds is 6. The number of carbonyl (C=O) groups is 1. The normalized spacial score (nSPS) is 24.1. The number of methoxy groups -OCH3 is 1. The molecule has 0 aliphatic carbocycles. The van der Waals surface area contributed by atoms with Crippen molar-refractivity contribution in [2.45, 2.75) is 44.8 Å². The maximum atomic E-state index is 11.1. The minimum atomic E-state index is -0.170. The summed E-state index contributed by atoms with van der Waals surface area (Å²) in [6.45, 7) is 6.63. The van der Waals surface area contributed by atoms with E-state index in [2.05, 4.69) is 22.3 Å². The minimum absolute atomic E-state index is 0.141. The molecule has 0 saturated carbocycles. The molecule has 100 valence electrons. The lowest BCUT2D eigenvalue weighted by molar-refractivity contribution is -0.141. The van der Waals surface area contributed by atoms with Gasteiger partial charge in [-0.05, 0) is 20.3 Å². The first-order chi connectivity index (χ1) is 8.11. The second-order valence-corrected chi connectivity index (χ2v) is 4.71. The Bertz CT molecular complexity index is 230. The molecule has 0 amide bonds. The molecular weight excluding hydrogens is 220 g/mol. The van der Waals surface area contributed by atoms with Crippen molar-refractivity contribution in [3.05, 3.63) is 0 Å². The van der Waals surface area contributed by atoms with Crippen molar-refractivity contribution in [3.63, 3.8) is 0 Å². The molecule has 5 nitrogen and oxygen atoms in total. The van der Waals surface area contributed by atoms with E-state index in [9.17, 15) is 4.79 Å². The zero-order valence-corrected chi connectivity index (χ0v) is 11.0. The summed E-state index contributed by atoms with van der Waals surface area (Å²) >= 11 is 0. The van der Waals surface area contributed by atoms with Crippen molar-refractivity contribution in [2.75, 3.05) is 26.9 Å². The molecule has 2 N–H and O–H groups in total. The highest BCUT2D eigenvalue weighted by Gasteiger charge is 2.18. The van der Waals surface area contributed by atoms with Crippen LogP contribution in [0.25, 0.3) is 0 Å². The predicted molar refractivity (Wildman–Crippen MR) is 65.9 cm³/mol. The minimum Gasteiger partial charge on any atom is -0.469 e. The summed E-state index contributed by atoms with van der Waals surface area (Å²) in [6, 6.07) is 0.910. The molecule has 1 fully saturated rings. The van der Waals surface area contributed by atoms with Gasteiger partial charge >= 0.3 is 5.97 Å². The molecule has 5 heteroatoms. The molecule has 0 aromatic carbocycles. The largest absolute Gasteiger partial charge is 0.469 e. The first-order valence-electron chi connectivity index (χ1n) is 6.25. The summed E-state index contributed by atoms with van der Waals surface area (Å²) in [7, 11) is 1.42. The fraction of sp³-hybridized carbons (Fsp3) is 0.917. The Kier molecular flexibility index (Phi) is 6.47. The first kappa shape index (κ1) is 14.4. The SMILES string of the molecule is COC(=O)CC(C)NC(C)CC1COCCN1. The lowest BCUT2D eigenvalue weighted by atomic mass is 10.1. The summed E-state index contributed by atoms with van der Waals surface area (Å²) in [4.78, 5) is 11.1. The first-order valence-corrected chi connectivity index (χ1v) is 6.25. The Morgan fingerprint density at radius 2 is 2.29 bits per heavy atom. The van der Waals surface area contributed by atoms with Gasteiger partial charge in [-0.25, -0.2) is 0 Å². The van der Waals surface area contributed by atoms with E-state index in [1.54, 1.807) is 0 Å². The molecular formula is C12H24N2O3. The van der Waals surface area contributed by atoms with Gasteiger partial charge in [0.1, 0.15) is 0 Å². The molecule has 1 saturated heterocycles. The molecule has 0 radical (unpaired) electrons. The van der Waals surface area contributed by atoms with E-state index in [-0.39, 0.29) is 12.0 Å². The van der Waals surface area contributed by atoms with Gasteiger partial charge in [-0.15, -0.1) is 0 Å². The van der Waals surface area contributed by atoms with E-state index < -0.39 is 0 Å². The van der Waals surface area contributed by atoms with Gasteiger partial charge in [0.05, 0.1) is 26.7 Å². The van der Waals surface area contributed by atoms with Crippen LogP contribution >= 0.6 is 0 Å². The van der Waals surface area contributed by atoms with Crippen LogP contribution in [-0.4, -0.2) is 51.0 Å². The lowest BCUT2D eigenvalue weighted by Crippen LogP contribution is -2.46. The monoisotopic (exact) mass is 244 g/mol. The molecule has 1 aliphatic rings. The topological polar surface area (TPSA) is 59.6 Å². The Morgan fingerprint density at radius 3 is 2.88 bits per heavy atom. The van der Waals surface area contributed by atoms with Crippen molar-refractivity contribution < 1.29 is 14.3 Å². The second kappa shape index (κ2) is 7.63. The zero-order chi connectivity index (χ0) is 12.7. The van der Waals surface area contributed by atoms with Gasteiger partial charge in [0.15, 0.2) is 0 Å². The molecule has 0 aromatic rings. The van der Waals surface area contributed by atoms with Crippen molar-refractivity contribution in [3.8, 4) is 0 Å². The van der Waals surface area contributed by atoms with Gasteiger partial charge in [-0.1, -0.05) is 0 Å². The van der Waals surface area contributed by atoms with Crippen molar-refractivity contribution in [1.29, 1.82) is 0 Å². The number of hydrogen-bond acceptors (Lipinski definition) is 5.